The second kappa shape index (κ2) is 6.89. The van der Waals surface area contributed by atoms with Crippen LogP contribution in [0.15, 0.2) is 18.2 Å². The van der Waals surface area contributed by atoms with E-state index in [1.54, 1.807) is 19.2 Å². The lowest BCUT2D eigenvalue weighted by Gasteiger charge is -2.20. The molecule has 0 atom stereocenters. The molecule has 0 unspecified atom stereocenters. The van der Waals surface area contributed by atoms with E-state index < -0.39 is 0 Å². The monoisotopic (exact) mass is 234 g/mol. The molecule has 0 aromatic heterocycles. The number of nitrogens with zero attached hydrogens (tertiary/aromatic N) is 2. The van der Waals surface area contributed by atoms with E-state index in [1.807, 2.05) is 13.0 Å². The number of hydrogen-bond donors (Lipinski definition) is 1. The zero-order chi connectivity index (χ0) is 12.7. The number of methoxy groups -OCH3 is 1. The van der Waals surface area contributed by atoms with Crippen molar-refractivity contribution in [1.82, 2.24) is 4.90 Å². The molecule has 4 nitrogen and oxygen atoms in total. The molecule has 0 amide bonds. The summed E-state index contributed by atoms with van der Waals surface area (Å²) in [6.45, 7) is 4.32. The van der Waals surface area contributed by atoms with Crippen molar-refractivity contribution < 1.29 is 9.84 Å². The van der Waals surface area contributed by atoms with Crippen LogP contribution in [0.25, 0.3) is 0 Å². The normalized spacial score (nSPS) is 10.3. The Hall–Kier alpha value is -1.57. The van der Waals surface area contributed by atoms with Crippen LogP contribution in [0.3, 0.4) is 0 Å². The topological polar surface area (TPSA) is 56.5 Å². The molecular weight excluding hydrogens is 216 g/mol. The zero-order valence-corrected chi connectivity index (χ0v) is 10.3. The van der Waals surface area contributed by atoms with Crippen LogP contribution in [-0.4, -0.2) is 36.8 Å². The van der Waals surface area contributed by atoms with Crippen LogP contribution in [0.2, 0.25) is 0 Å². The molecule has 0 aliphatic rings. The van der Waals surface area contributed by atoms with Crippen molar-refractivity contribution in [1.29, 1.82) is 5.26 Å². The summed E-state index contributed by atoms with van der Waals surface area (Å²) in [7, 11) is 1.62. The predicted octanol–water partition coefficient (Wildman–Crippen LogP) is 1.38. The van der Waals surface area contributed by atoms with Crippen LogP contribution in [0.5, 0.6) is 5.75 Å². The van der Waals surface area contributed by atoms with E-state index in [2.05, 4.69) is 11.0 Å². The molecule has 1 aromatic rings. The van der Waals surface area contributed by atoms with Gasteiger partial charge in [0.1, 0.15) is 5.75 Å². The molecule has 1 aromatic carbocycles. The lowest BCUT2D eigenvalue weighted by atomic mass is 10.1. The van der Waals surface area contributed by atoms with E-state index in [-0.39, 0.29) is 6.61 Å². The molecule has 92 valence electrons. The van der Waals surface area contributed by atoms with Crippen molar-refractivity contribution in [2.45, 2.75) is 13.5 Å². The van der Waals surface area contributed by atoms with Gasteiger partial charge in [0.25, 0.3) is 0 Å². The summed E-state index contributed by atoms with van der Waals surface area (Å²) in [6, 6.07) is 7.50. The Kier molecular flexibility index (Phi) is 5.47. The first kappa shape index (κ1) is 13.5. The Bertz CT molecular complexity index is 399. The van der Waals surface area contributed by atoms with E-state index in [4.69, 9.17) is 15.1 Å². The first-order valence-electron chi connectivity index (χ1n) is 5.65. The van der Waals surface area contributed by atoms with Crippen molar-refractivity contribution in [2.24, 2.45) is 0 Å². The number of hydrogen-bond acceptors (Lipinski definition) is 4. The van der Waals surface area contributed by atoms with Crippen molar-refractivity contribution >= 4 is 0 Å². The van der Waals surface area contributed by atoms with E-state index in [9.17, 15) is 0 Å². The van der Waals surface area contributed by atoms with Gasteiger partial charge in [-0.05, 0) is 24.7 Å². The third kappa shape index (κ3) is 3.74. The zero-order valence-electron chi connectivity index (χ0n) is 10.3. The van der Waals surface area contributed by atoms with Gasteiger partial charge < -0.3 is 9.84 Å². The van der Waals surface area contributed by atoms with Crippen molar-refractivity contribution in [3.05, 3.63) is 29.3 Å². The van der Waals surface area contributed by atoms with Gasteiger partial charge in [0.05, 0.1) is 25.3 Å². The average Bonchev–Trinajstić information content (AvgIpc) is 2.38. The second-order valence-electron chi connectivity index (χ2n) is 3.73. The maximum absolute atomic E-state index is 8.95. The Morgan fingerprint density at radius 3 is 2.76 bits per heavy atom. The van der Waals surface area contributed by atoms with Gasteiger partial charge in [0.2, 0.25) is 0 Å². The number of aliphatic hydroxyl groups is 1. The Labute approximate surface area is 102 Å². The molecule has 0 heterocycles. The maximum atomic E-state index is 8.95. The summed E-state index contributed by atoms with van der Waals surface area (Å²) >= 11 is 0. The summed E-state index contributed by atoms with van der Waals surface area (Å²) in [5.74, 6) is 0.778. The standard InChI is InChI=1S/C13H18N2O2/c1-3-15(6-7-16)10-12-8-11(9-14)4-5-13(12)17-2/h4-5,8,16H,3,6-7,10H2,1-2H3. The Balaban J connectivity index is 2.90. The lowest BCUT2D eigenvalue weighted by Crippen LogP contribution is -2.26. The number of aliphatic hydroxyl groups excluding tert-OH is 1. The summed E-state index contributed by atoms with van der Waals surface area (Å²) in [5, 5.41) is 17.8. The van der Waals surface area contributed by atoms with Crippen LogP contribution < -0.4 is 4.74 Å². The Morgan fingerprint density at radius 1 is 1.47 bits per heavy atom. The average molecular weight is 234 g/mol. The molecule has 1 rings (SSSR count). The first-order chi connectivity index (χ1) is 8.24. The van der Waals surface area contributed by atoms with Gasteiger partial charge in [0.15, 0.2) is 0 Å². The summed E-state index contributed by atoms with van der Waals surface area (Å²) in [5.41, 5.74) is 1.60. The minimum atomic E-state index is 0.133. The molecule has 0 saturated heterocycles. The summed E-state index contributed by atoms with van der Waals surface area (Å²) < 4.78 is 5.27. The fourth-order valence-corrected chi connectivity index (χ4v) is 1.70. The number of ether oxygens (including phenoxy) is 1. The van der Waals surface area contributed by atoms with Gasteiger partial charge in [-0.1, -0.05) is 6.92 Å². The van der Waals surface area contributed by atoms with Crippen LogP contribution in [0, 0.1) is 11.3 Å². The molecule has 0 radical (unpaired) electrons. The minimum absolute atomic E-state index is 0.133. The van der Waals surface area contributed by atoms with Gasteiger partial charge in [-0.3, -0.25) is 4.90 Å². The van der Waals surface area contributed by atoms with Gasteiger partial charge in [-0.25, -0.2) is 0 Å². The quantitative estimate of drug-likeness (QED) is 0.808. The van der Waals surface area contributed by atoms with Gasteiger partial charge in [-0.15, -0.1) is 0 Å². The van der Waals surface area contributed by atoms with E-state index in [0.29, 0.717) is 18.7 Å². The van der Waals surface area contributed by atoms with Crippen molar-refractivity contribution in [3.63, 3.8) is 0 Å². The highest BCUT2D eigenvalue weighted by atomic mass is 16.5. The number of rotatable bonds is 6. The highest BCUT2D eigenvalue weighted by Gasteiger charge is 2.09. The van der Waals surface area contributed by atoms with Gasteiger partial charge in [0, 0.05) is 18.7 Å². The van der Waals surface area contributed by atoms with Crippen LogP contribution in [0.1, 0.15) is 18.1 Å². The molecule has 0 bridgehead atoms. The molecule has 0 aliphatic heterocycles. The van der Waals surface area contributed by atoms with E-state index in [0.717, 1.165) is 17.9 Å². The lowest BCUT2D eigenvalue weighted by molar-refractivity contribution is 0.195. The van der Waals surface area contributed by atoms with Crippen LogP contribution in [0.4, 0.5) is 0 Å². The van der Waals surface area contributed by atoms with Crippen LogP contribution >= 0.6 is 0 Å². The molecule has 0 spiro atoms. The molecule has 1 N–H and O–H groups in total. The molecule has 0 aliphatic carbocycles. The number of nitriles is 1. The summed E-state index contributed by atoms with van der Waals surface area (Å²) in [4.78, 5) is 2.10. The molecule has 4 heteroatoms. The molecular formula is C13H18N2O2. The molecule has 0 fully saturated rings. The Morgan fingerprint density at radius 2 is 2.24 bits per heavy atom. The van der Waals surface area contributed by atoms with Gasteiger partial charge >= 0.3 is 0 Å². The summed E-state index contributed by atoms with van der Waals surface area (Å²) in [6.07, 6.45) is 0. The van der Waals surface area contributed by atoms with E-state index in [1.165, 1.54) is 0 Å². The third-order valence-electron chi connectivity index (χ3n) is 2.67. The first-order valence-corrected chi connectivity index (χ1v) is 5.65. The number of benzene rings is 1. The maximum Gasteiger partial charge on any atom is 0.123 e. The fourth-order valence-electron chi connectivity index (χ4n) is 1.70. The van der Waals surface area contributed by atoms with Crippen molar-refractivity contribution in [3.8, 4) is 11.8 Å². The molecule has 0 saturated carbocycles. The third-order valence-corrected chi connectivity index (χ3v) is 2.67. The van der Waals surface area contributed by atoms with Gasteiger partial charge in [-0.2, -0.15) is 5.26 Å². The SMILES string of the molecule is CCN(CCO)Cc1cc(C#N)ccc1OC. The predicted molar refractivity (Wildman–Crippen MR) is 65.7 cm³/mol. The smallest absolute Gasteiger partial charge is 0.123 e. The largest absolute Gasteiger partial charge is 0.496 e. The second-order valence-corrected chi connectivity index (χ2v) is 3.73. The number of likely N-dealkylation sites (N-methyl/N-ethyl adjacent to an activating group) is 1. The highest BCUT2D eigenvalue weighted by molar-refractivity contribution is 5.42. The highest BCUT2D eigenvalue weighted by Crippen LogP contribution is 2.21. The molecule has 17 heavy (non-hydrogen) atoms. The van der Waals surface area contributed by atoms with Crippen LogP contribution in [-0.2, 0) is 6.54 Å². The minimum Gasteiger partial charge on any atom is -0.496 e. The van der Waals surface area contributed by atoms with Crippen molar-refractivity contribution in [2.75, 3.05) is 26.8 Å². The fraction of sp³-hybridized carbons (Fsp3) is 0.462. The van der Waals surface area contributed by atoms with E-state index >= 15 is 0 Å².